The molecule has 0 aliphatic rings. The van der Waals surface area contributed by atoms with Crippen LogP contribution in [0.1, 0.15) is 0 Å². The molecular weight excluding hydrogens is 138 g/mol. The molecule has 0 aliphatic carbocycles. The third kappa shape index (κ3) is 1.39. The monoisotopic (exact) mass is 143 g/mol. The second kappa shape index (κ2) is 2.45. The number of rotatable bonds is 1. The van der Waals surface area contributed by atoms with E-state index in [2.05, 4.69) is 9.98 Å². The van der Waals surface area contributed by atoms with Crippen LogP contribution in [0.2, 0.25) is 0 Å². The number of aromatic nitrogens is 1. The molecule has 1 rings (SSSR count). The zero-order valence-corrected chi connectivity index (χ0v) is 5.31. The van der Waals surface area contributed by atoms with Crippen LogP contribution in [0.5, 0.6) is 0 Å². The Balaban J connectivity index is 2.98. The Kier molecular flexibility index (Phi) is 1.64. The number of nitrogens with zero attached hydrogens (tertiary/aromatic N) is 1. The zero-order valence-electron chi connectivity index (χ0n) is 4.50. The summed E-state index contributed by atoms with van der Waals surface area (Å²) in [6, 6.07) is 0. The highest BCUT2D eigenvalue weighted by atomic mass is 32.1. The second-order valence-corrected chi connectivity index (χ2v) is 2.29. The van der Waals surface area contributed by atoms with E-state index in [-0.39, 0.29) is 4.87 Å². The molecule has 0 amide bonds. The smallest absolute Gasteiger partial charge is 0.306 e. The van der Waals surface area contributed by atoms with E-state index in [9.17, 15) is 4.79 Å². The fraction of sp³-hybridized carbons (Fsp3) is 0. The van der Waals surface area contributed by atoms with E-state index in [1.54, 1.807) is 0 Å². The zero-order chi connectivity index (χ0) is 6.69. The van der Waals surface area contributed by atoms with E-state index in [1.165, 1.54) is 6.20 Å². The van der Waals surface area contributed by atoms with Crippen molar-refractivity contribution in [3.63, 3.8) is 0 Å². The molecule has 0 aromatic carbocycles. The molecule has 1 aromatic heterocycles. The average Bonchev–Trinajstić information content (AvgIpc) is 2.17. The third-order valence-corrected chi connectivity index (χ3v) is 1.45. The molecule has 0 spiro atoms. The normalized spacial score (nSPS) is 10.7. The summed E-state index contributed by atoms with van der Waals surface area (Å²) >= 11 is 1.02. The largest absolute Gasteiger partial charge is 0.390 e. The maximum Gasteiger partial charge on any atom is 0.306 e. The summed E-state index contributed by atoms with van der Waals surface area (Å²) in [5.74, 6) is 0. The Morgan fingerprint density at radius 3 is 3.11 bits per heavy atom. The van der Waals surface area contributed by atoms with Crippen molar-refractivity contribution in [3.8, 4) is 0 Å². The van der Waals surface area contributed by atoms with Crippen molar-refractivity contribution in [2.75, 3.05) is 0 Å². The number of H-pyrrole nitrogens is 1. The predicted molar refractivity (Wildman–Crippen MR) is 37.3 cm³/mol. The molecule has 1 aromatic rings. The average molecular weight is 143 g/mol. The Labute approximate surface area is 55.1 Å². The minimum atomic E-state index is -0.115. The lowest BCUT2D eigenvalue weighted by atomic mass is 10.9. The first-order chi connectivity index (χ1) is 4.33. The minimum Gasteiger partial charge on any atom is -0.390 e. The van der Waals surface area contributed by atoms with Crippen molar-refractivity contribution in [1.29, 1.82) is 0 Å². The molecule has 48 valence electrons. The van der Waals surface area contributed by atoms with E-state index in [1.807, 2.05) is 0 Å². The Bertz CT molecular complexity index is 261. The van der Waals surface area contributed by atoms with Crippen LogP contribution in [0, 0.1) is 0 Å². The van der Waals surface area contributed by atoms with Gasteiger partial charge in [0.25, 0.3) is 0 Å². The van der Waals surface area contributed by atoms with Crippen LogP contribution in [0.25, 0.3) is 0 Å². The van der Waals surface area contributed by atoms with Crippen LogP contribution in [0.4, 0.5) is 5.00 Å². The predicted octanol–water partition coefficient (Wildman–Crippen LogP) is 0.0549. The standard InChI is InChI=1S/C4H5N3OS/c5-2-7-3-1-6-4(8)9-3/h1-2H,(H2,5,7)(H,6,8). The number of aliphatic imine (C=N–C) groups is 1. The molecule has 9 heavy (non-hydrogen) atoms. The fourth-order valence-electron chi connectivity index (χ4n) is 0.412. The van der Waals surface area contributed by atoms with Crippen molar-refractivity contribution in [2.24, 2.45) is 10.7 Å². The first-order valence-corrected chi connectivity index (χ1v) is 3.07. The van der Waals surface area contributed by atoms with Gasteiger partial charge >= 0.3 is 4.87 Å². The highest BCUT2D eigenvalue weighted by Gasteiger charge is 1.89. The number of hydrogen-bond donors (Lipinski definition) is 2. The van der Waals surface area contributed by atoms with Crippen LogP contribution < -0.4 is 10.6 Å². The van der Waals surface area contributed by atoms with E-state index in [0.717, 1.165) is 17.7 Å². The SMILES string of the molecule is N/C=N/c1c[nH]c(=O)s1. The molecule has 0 unspecified atom stereocenters. The maximum absolute atomic E-state index is 10.4. The van der Waals surface area contributed by atoms with Crippen LogP contribution in [-0.2, 0) is 0 Å². The van der Waals surface area contributed by atoms with E-state index in [0.29, 0.717) is 5.00 Å². The molecule has 5 heteroatoms. The third-order valence-electron chi connectivity index (χ3n) is 0.713. The summed E-state index contributed by atoms with van der Waals surface area (Å²) in [7, 11) is 0. The van der Waals surface area contributed by atoms with Crippen molar-refractivity contribution in [2.45, 2.75) is 0 Å². The second-order valence-electron chi connectivity index (χ2n) is 1.29. The first-order valence-electron chi connectivity index (χ1n) is 2.25. The van der Waals surface area contributed by atoms with Gasteiger partial charge in [0.15, 0.2) is 0 Å². The molecule has 0 saturated heterocycles. The molecule has 0 bridgehead atoms. The van der Waals surface area contributed by atoms with Crippen molar-refractivity contribution < 1.29 is 0 Å². The van der Waals surface area contributed by atoms with Gasteiger partial charge in [-0.25, -0.2) is 4.99 Å². The fourth-order valence-corrected chi connectivity index (χ4v) is 0.951. The highest BCUT2D eigenvalue weighted by Crippen LogP contribution is 2.10. The van der Waals surface area contributed by atoms with Gasteiger partial charge in [-0.15, -0.1) is 0 Å². The number of thiazole rings is 1. The van der Waals surface area contributed by atoms with Crippen molar-refractivity contribution >= 4 is 22.7 Å². The van der Waals surface area contributed by atoms with Gasteiger partial charge in [0, 0.05) is 6.20 Å². The first kappa shape index (κ1) is 6.03. The molecule has 4 nitrogen and oxygen atoms in total. The topological polar surface area (TPSA) is 71.2 Å². The number of hydrogen-bond acceptors (Lipinski definition) is 3. The number of nitrogens with one attached hydrogen (secondary N) is 1. The molecule has 0 radical (unpaired) electrons. The van der Waals surface area contributed by atoms with Gasteiger partial charge in [-0.1, -0.05) is 11.3 Å². The van der Waals surface area contributed by atoms with Gasteiger partial charge in [0.1, 0.15) is 5.00 Å². The van der Waals surface area contributed by atoms with Crippen LogP contribution in [-0.4, -0.2) is 11.3 Å². The van der Waals surface area contributed by atoms with Crippen LogP contribution in [0.3, 0.4) is 0 Å². The molecular formula is C4H5N3OS. The molecule has 1 heterocycles. The maximum atomic E-state index is 10.4. The number of nitrogens with two attached hydrogens (primary N) is 1. The summed E-state index contributed by atoms with van der Waals surface area (Å²) in [4.78, 5) is 16.4. The Morgan fingerprint density at radius 1 is 1.89 bits per heavy atom. The van der Waals surface area contributed by atoms with Crippen molar-refractivity contribution in [3.05, 3.63) is 15.9 Å². The van der Waals surface area contributed by atoms with E-state index >= 15 is 0 Å². The van der Waals surface area contributed by atoms with Gasteiger partial charge in [0.05, 0.1) is 6.34 Å². The highest BCUT2D eigenvalue weighted by molar-refractivity contribution is 7.13. The van der Waals surface area contributed by atoms with Crippen LogP contribution >= 0.6 is 11.3 Å². The van der Waals surface area contributed by atoms with Crippen LogP contribution in [0.15, 0.2) is 16.0 Å². The molecule has 3 N–H and O–H groups in total. The Morgan fingerprint density at radius 2 is 2.67 bits per heavy atom. The van der Waals surface area contributed by atoms with E-state index < -0.39 is 0 Å². The lowest BCUT2D eigenvalue weighted by Gasteiger charge is -1.74. The number of aromatic amines is 1. The summed E-state index contributed by atoms with van der Waals surface area (Å²) in [5.41, 5.74) is 4.97. The van der Waals surface area contributed by atoms with Gasteiger partial charge < -0.3 is 10.7 Å². The van der Waals surface area contributed by atoms with Gasteiger partial charge in [-0.3, -0.25) is 4.79 Å². The quantitative estimate of drug-likeness (QED) is 0.431. The molecule has 0 fully saturated rings. The summed E-state index contributed by atoms with van der Waals surface area (Å²) < 4.78 is 0. The van der Waals surface area contributed by atoms with E-state index in [4.69, 9.17) is 5.73 Å². The molecule has 0 atom stereocenters. The lowest BCUT2D eigenvalue weighted by molar-refractivity contribution is 1.34. The molecule has 0 saturated carbocycles. The Hall–Kier alpha value is -1.10. The van der Waals surface area contributed by atoms with Gasteiger partial charge in [0.2, 0.25) is 0 Å². The molecule has 0 aliphatic heterocycles. The lowest BCUT2D eigenvalue weighted by Crippen LogP contribution is -1.88. The van der Waals surface area contributed by atoms with Crippen molar-refractivity contribution in [1.82, 2.24) is 4.98 Å². The summed E-state index contributed by atoms with van der Waals surface area (Å²) in [5, 5.41) is 0.600. The van der Waals surface area contributed by atoms with Gasteiger partial charge in [-0.05, 0) is 0 Å². The van der Waals surface area contributed by atoms with Gasteiger partial charge in [-0.2, -0.15) is 0 Å². The minimum absolute atomic E-state index is 0.115. The summed E-state index contributed by atoms with van der Waals surface area (Å²) in [6.07, 6.45) is 2.66. The summed E-state index contributed by atoms with van der Waals surface area (Å²) in [6.45, 7) is 0.